The van der Waals surface area contributed by atoms with Crippen molar-refractivity contribution in [3.8, 4) is 0 Å². The summed E-state index contributed by atoms with van der Waals surface area (Å²) in [5, 5.41) is 0. The van der Waals surface area contributed by atoms with Gasteiger partial charge in [0.1, 0.15) is 0 Å². The molecule has 0 aliphatic carbocycles. The first kappa shape index (κ1) is 43.4. The fraction of sp³-hybridized carbons (Fsp3) is 0.902. The van der Waals surface area contributed by atoms with Gasteiger partial charge in [0.05, 0.1) is 12.7 Å². The van der Waals surface area contributed by atoms with Crippen molar-refractivity contribution >= 4 is 0 Å². The second-order valence-corrected chi connectivity index (χ2v) is 13.7. The minimum atomic E-state index is 0.198. The molecular weight excluding hydrogens is 538 g/mol. The maximum absolute atomic E-state index is 6.22. The van der Waals surface area contributed by atoms with Crippen LogP contribution in [0.15, 0.2) is 24.3 Å². The Morgan fingerprint density at radius 3 is 1.32 bits per heavy atom. The Bertz CT molecular complexity index is 573. The van der Waals surface area contributed by atoms with Crippen LogP contribution in [0.25, 0.3) is 0 Å². The summed E-state index contributed by atoms with van der Waals surface area (Å²) in [7, 11) is 4.26. The monoisotopic (exact) mass is 620 g/mol. The van der Waals surface area contributed by atoms with Crippen LogP contribution in [0.3, 0.4) is 0 Å². The van der Waals surface area contributed by atoms with Gasteiger partial charge < -0.3 is 14.4 Å². The first-order valence-electron chi connectivity index (χ1n) is 19.8. The molecule has 0 aromatic rings. The number of allylic oxidation sites excluding steroid dienone is 4. The van der Waals surface area contributed by atoms with Crippen LogP contribution < -0.4 is 0 Å². The Morgan fingerprint density at radius 1 is 0.455 bits per heavy atom. The lowest BCUT2D eigenvalue weighted by Crippen LogP contribution is -2.32. The molecule has 0 fully saturated rings. The van der Waals surface area contributed by atoms with Crippen molar-refractivity contribution in [1.29, 1.82) is 0 Å². The smallest absolute Gasteiger partial charge is 0.0934 e. The second kappa shape index (κ2) is 38.5. The lowest BCUT2D eigenvalue weighted by atomic mass is 10.0. The summed E-state index contributed by atoms with van der Waals surface area (Å²) < 4.78 is 12.3. The number of ether oxygens (including phenoxy) is 2. The SMILES string of the molecule is CCCCC/C=C\C/C=C\CCCCCCCCOC(COCCCCCCCCCCCCCCCCCC)CN(C)C. The molecule has 0 N–H and O–H groups in total. The standard InChI is InChI=1S/C41H81NO2/c1-5-7-9-11-13-15-17-19-21-23-25-27-29-31-33-35-37-43-40-41(39-42(3)4)44-38-36-34-32-30-28-26-24-22-20-18-16-14-12-10-8-6-2/h14,16,20,22,41H,5-13,15,17-19,21,23-40H2,1-4H3/b16-14-,22-20-. The van der Waals surface area contributed by atoms with Crippen LogP contribution in [-0.2, 0) is 9.47 Å². The first-order chi connectivity index (χ1) is 21.7. The Kier molecular flexibility index (Phi) is 38.0. The van der Waals surface area contributed by atoms with Crippen molar-refractivity contribution in [3.63, 3.8) is 0 Å². The molecule has 0 saturated carbocycles. The van der Waals surface area contributed by atoms with E-state index in [0.717, 1.165) is 32.8 Å². The van der Waals surface area contributed by atoms with Crippen LogP contribution >= 0.6 is 0 Å². The van der Waals surface area contributed by atoms with Gasteiger partial charge in [0, 0.05) is 19.8 Å². The molecule has 1 unspecified atom stereocenters. The van der Waals surface area contributed by atoms with E-state index in [1.54, 1.807) is 0 Å². The molecule has 44 heavy (non-hydrogen) atoms. The minimum absolute atomic E-state index is 0.198. The maximum atomic E-state index is 6.22. The van der Waals surface area contributed by atoms with Gasteiger partial charge >= 0.3 is 0 Å². The maximum Gasteiger partial charge on any atom is 0.0934 e. The van der Waals surface area contributed by atoms with Crippen molar-refractivity contribution in [3.05, 3.63) is 24.3 Å². The summed E-state index contributed by atoms with van der Waals surface area (Å²) in [4.78, 5) is 2.22. The number of nitrogens with zero attached hydrogens (tertiary/aromatic N) is 1. The fourth-order valence-corrected chi connectivity index (χ4v) is 5.87. The number of likely N-dealkylation sites (N-methyl/N-ethyl adjacent to an activating group) is 1. The molecule has 0 aliphatic heterocycles. The molecule has 0 spiro atoms. The number of unbranched alkanes of at least 4 members (excludes halogenated alkanes) is 24. The molecule has 3 heteroatoms. The molecule has 0 heterocycles. The van der Waals surface area contributed by atoms with E-state index in [-0.39, 0.29) is 6.10 Å². The van der Waals surface area contributed by atoms with Crippen molar-refractivity contribution in [2.24, 2.45) is 0 Å². The highest BCUT2D eigenvalue weighted by molar-refractivity contribution is 4.92. The third kappa shape index (κ3) is 37.5. The van der Waals surface area contributed by atoms with Gasteiger partial charge in [0.15, 0.2) is 0 Å². The van der Waals surface area contributed by atoms with E-state index < -0.39 is 0 Å². The van der Waals surface area contributed by atoms with Gasteiger partial charge in [-0.25, -0.2) is 0 Å². The number of hydrogen-bond acceptors (Lipinski definition) is 3. The van der Waals surface area contributed by atoms with E-state index in [0.29, 0.717) is 0 Å². The van der Waals surface area contributed by atoms with Gasteiger partial charge in [-0.15, -0.1) is 0 Å². The predicted molar refractivity (Wildman–Crippen MR) is 198 cm³/mol. The van der Waals surface area contributed by atoms with Gasteiger partial charge in [-0.3, -0.25) is 0 Å². The van der Waals surface area contributed by atoms with Crippen molar-refractivity contribution in [1.82, 2.24) is 4.90 Å². The van der Waals surface area contributed by atoms with Gasteiger partial charge in [0.2, 0.25) is 0 Å². The summed E-state index contributed by atoms with van der Waals surface area (Å²) in [6, 6.07) is 0. The van der Waals surface area contributed by atoms with E-state index in [2.05, 4.69) is 57.1 Å². The van der Waals surface area contributed by atoms with Gasteiger partial charge in [0.25, 0.3) is 0 Å². The third-order valence-electron chi connectivity index (χ3n) is 8.71. The summed E-state index contributed by atoms with van der Waals surface area (Å²) in [6.07, 6.45) is 47.6. The highest BCUT2D eigenvalue weighted by Gasteiger charge is 2.10. The zero-order valence-electron chi connectivity index (χ0n) is 30.8. The van der Waals surface area contributed by atoms with E-state index in [4.69, 9.17) is 9.47 Å². The van der Waals surface area contributed by atoms with Crippen LogP contribution in [0.5, 0.6) is 0 Å². The third-order valence-corrected chi connectivity index (χ3v) is 8.71. The molecule has 0 aromatic carbocycles. The lowest BCUT2D eigenvalue weighted by molar-refractivity contribution is -0.0287. The Hall–Kier alpha value is -0.640. The van der Waals surface area contributed by atoms with Crippen molar-refractivity contribution < 1.29 is 9.47 Å². The van der Waals surface area contributed by atoms with Crippen LogP contribution in [0, 0.1) is 0 Å². The predicted octanol–water partition coefficient (Wildman–Crippen LogP) is 13.0. The van der Waals surface area contributed by atoms with E-state index >= 15 is 0 Å². The highest BCUT2D eigenvalue weighted by Crippen LogP contribution is 2.14. The number of hydrogen-bond donors (Lipinski definition) is 0. The first-order valence-corrected chi connectivity index (χ1v) is 19.8. The van der Waals surface area contributed by atoms with Crippen molar-refractivity contribution in [2.75, 3.05) is 40.5 Å². The van der Waals surface area contributed by atoms with Crippen LogP contribution in [0.1, 0.15) is 194 Å². The summed E-state index contributed by atoms with van der Waals surface area (Å²) in [5.41, 5.74) is 0. The topological polar surface area (TPSA) is 21.7 Å². The van der Waals surface area contributed by atoms with Gasteiger partial charge in [-0.05, 0) is 59.0 Å². The molecule has 0 bridgehead atoms. The van der Waals surface area contributed by atoms with E-state index in [1.165, 1.54) is 173 Å². The van der Waals surface area contributed by atoms with Crippen LogP contribution in [0.4, 0.5) is 0 Å². The largest absolute Gasteiger partial charge is 0.379 e. The van der Waals surface area contributed by atoms with Crippen LogP contribution in [0.2, 0.25) is 0 Å². The normalized spacial score (nSPS) is 12.8. The molecule has 0 saturated heterocycles. The zero-order chi connectivity index (χ0) is 32.0. The average Bonchev–Trinajstić information content (AvgIpc) is 3.01. The summed E-state index contributed by atoms with van der Waals surface area (Å²) in [5.74, 6) is 0. The average molecular weight is 620 g/mol. The Balaban J connectivity index is 3.51. The molecule has 1 atom stereocenters. The zero-order valence-corrected chi connectivity index (χ0v) is 30.8. The molecular formula is C41H81NO2. The van der Waals surface area contributed by atoms with Gasteiger partial charge in [-0.1, -0.05) is 173 Å². The Labute approximate surface area is 278 Å². The summed E-state index contributed by atoms with van der Waals surface area (Å²) in [6.45, 7) is 8.00. The molecule has 0 aliphatic rings. The molecule has 0 amide bonds. The summed E-state index contributed by atoms with van der Waals surface area (Å²) >= 11 is 0. The molecule has 3 nitrogen and oxygen atoms in total. The van der Waals surface area contributed by atoms with E-state index in [9.17, 15) is 0 Å². The molecule has 0 rings (SSSR count). The van der Waals surface area contributed by atoms with Gasteiger partial charge in [-0.2, -0.15) is 0 Å². The second-order valence-electron chi connectivity index (χ2n) is 13.7. The van der Waals surface area contributed by atoms with E-state index in [1.807, 2.05) is 0 Å². The molecule has 0 aromatic heterocycles. The van der Waals surface area contributed by atoms with Crippen LogP contribution in [-0.4, -0.2) is 51.5 Å². The highest BCUT2D eigenvalue weighted by atomic mass is 16.5. The molecule has 262 valence electrons. The number of rotatable bonds is 37. The fourth-order valence-electron chi connectivity index (χ4n) is 5.87. The van der Waals surface area contributed by atoms with Crippen molar-refractivity contribution in [2.45, 2.75) is 200 Å². The lowest BCUT2D eigenvalue weighted by Gasteiger charge is -2.21. The Morgan fingerprint density at radius 2 is 0.841 bits per heavy atom. The minimum Gasteiger partial charge on any atom is -0.379 e. The quantitative estimate of drug-likeness (QED) is 0.0510. The molecule has 0 radical (unpaired) electrons.